The van der Waals surface area contributed by atoms with Crippen molar-refractivity contribution in [2.24, 2.45) is 0 Å². The Kier molecular flexibility index (Phi) is 6.41. The molecular weight excluding hydrogens is 474 g/mol. The Bertz CT molecular complexity index is 1170. The Hall–Kier alpha value is -3.39. The van der Waals surface area contributed by atoms with Crippen LogP contribution in [0.25, 0.3) is 5.76 Å². The molecule has 1 aliphatic rings. The molecule has 1 aromatic heterocycles. The molecule has 3 aromatic rings. The molecule has 1 N–H and O–H groups in total. The van der Waals surface area contributed by atoms with Gasteiger partial charge in [0.05, 0.1) is 25.1 Å². The number of halogens is 1. The minimum atomic E-state index is -0.696. The van der Waals surface area contributed by atoms with Gasteiger partial charge in [0.25, 0.3) is 11.7 Å². The number of likely N-dealkylation sites (tertiary alicyclic amines) is 1. The summed E-state index contributed by atoms with van der Waals surface area (Å²) >= 11 is 3.47. The molecule has 1 atom stereocenters. The van der Waals surface area contributed by atoms with Crippen molar-refractivity contribution in [3.8, 4) is 5.75 Å². The number of carbonyl (C=O) groups excluding carboxylic acids is 2. The first-order chi connectivity index (χ1) is 15.5. The number of aliphatic hydroxyl groups is 1. The van der Waals surface area contributed by atoms with Gasteiger partial charge in [0.2, 0.25) is 0 Å². The summed E-state index contributed by atoms with van der Waals surface area (Å²) in [6, 6.07) is 13.5. The average molecular weight is 496 g/mol. The number of amides is 1. The summed E-state index contributed by atoms with van der Waals surface area (Å²) in [6.45, 7) is 1.01. The number of rotatable bonds is 7. The van der Waals surface area contributed by atoms with Crippen molar-refractivity contribution in [2.45, 2.75) is 19.0 Å². The van der Waals surface area contributed by atoms with Crippen LogP contribution in [0.15, 0.2) is 77.3 Å². The van der Waals surface area contributed by atoms with Gasteiger partial charge in [-0.15, -0.1) is 0 Å². The Labute approximate surface area is 194 Å². The number of aromatic nitrogens is 2. The minimum absolute atomic E-state index is 0.0731. The number of ketones is 1. The highest BCUT2D eigenvalue weighted by Gasteiger charge is 2.45. The van der Waals surface area contributed by atoms with Crippen LogP contribution in [0.1, 0.15) is 23.6 Å². The van der Waals surface area contributed by atoms with Crippen molar-refractivity contribution >= 4 is 33.4 Å². The zero-order valence-electron chi connectivity index (χ0n) is 17.4. The number of methoxy groups -OCH3 is 1. The summed E-state index contributed by atoms with van der Waals surface area (Å²) in [7, 11) is 1.53. The van der Waals surface area contributed by atoms with E-state index in [2.05, 4.69) is 20.9 Å². The summed E-state index contributed by atoms with van der Waals surface area (Å²) in [5.41, 5.74) is 1.23. The molecular formula is C24H22BrN3O4. The molecule has 32 heavy (non-hydrogen) atoms. The van der Waals surface area contributed by atoms with Gasteiger partial charge in [-0.3, -0.25) is 9.59 Å². The number of ether oxygens (including phenoxy) is 1. The van der Waals surface area contributed by atoms with Gasteiger partial charge >= 0.3 is 0 Å². The maximum atomic E-state index is 13.1. The second-order valence-corrected chi connectivity index (χ2v) is 8.35. The lowest BCUT2D eigenvalue weighted by atomic mass is 9.95. The molecule has 1 aliphatic heterocycles. The molecule has 2 aromatic carbocycles. The fraction of sp³-hybridized carbons (Fsp3) is 0.208. The maximum absolute atomic E-state index is 13.1. The number of aliphatic hydroxyl groups excluding tert-OH is 1. The maximum Gasteiger partial charge on any atom is 0.295 e. The first kappa shape index (κ1) is 21.8. The molecule has 0 bridgehead atoms. The van der Waals surface area contributed by atoms with Crippen molar-refractivity contribution in [3.05, 3.63) is 88.4 Å². The van der Waals surface area contributed by atoms with Crippen LogP contribution in [0.5, 0.6) is 5.75 Å². The molecule has 2 heterocycles. The lowest BCUT2D eigenvalue weighted by molar-refractivity contribution is -0.139. The van der Waals surface area contributed by atoms with E-state index in [0.717, 1.165) is 10.0 Å². The van der Waals surface area contributed by atoms with E-state index in [1.54, 1.807) is 36.8 Å². The van der Waals surface area contributed by atoms with E-state index >= 15 is 0 Å². The molecule has 0 radical (unpaired) electrons. The highest BCUT2D eigenvalue weighted by atomic mass is 79.9. The number of Topliss-reactive ketones (excluding diaryl/α,β-unsaturated/α-hetero) is 1. The smallest absolute Gasteiger partial charge is 0.295 e. The van der Waals surface area contributed by atoms with Crippen molar-refractivity contribution in [3.63, 3.8) is 0 Å². The third kappa shape index (κ3) is 4.31. The van der Waals surface area contributed by atoms with Crippen LogP contribution < -0.4 is 4.74 Å². The van der Waals surface area contributed by atoms with E-state index in [9.17, 15) is 14.7 Å². The molecule has 0 saturated carbocycles. The van der Waals surface area contributed by atoms with Crippen molar-refractivity contribution in [1.82, 2.24) is 14.5 Å². The molecule has 1 fully saturated rings. The number of imidazole rings is 1. The van der Waals surface area contributed by atoms with Crippen molar-refractivity contribution in [2.75, 3.05) is 13.7 Å². The third-order valence-corrected chi connectivity index (χ3v) is 5.92. The highest BCUT2D eigenvalue weighted by Crippen LogP contribution is 2.40. The predicted molar refractivity (Wildman–Crippen MR) is 123 cm³/mol. The van der Waals surface area contributed by atoms with E-state index in [0.29, 0.717) is 30.8 Å². The first-order valence-electron chi connectivity index (χ1n) is 10.1. The van der Waals surface area contributed by atoms with Gasteiger partial charge in [0.15, 0.2) is 0 Å². The van der Waals surface area contributed by atoms with E-state index in [-0.39, 0.29) is 11.3 Å². The quantitative estimate of drug-likeness (QED) is 0.302. The first-order valence-corrected chi connectivity index (χ1v) is 10.9. The Morgan fingerprint density at radius 1 is 1.16 bits per heavy atom. The number of hydrogen-bond acceptors (Lipinski definition) is 5. The normalized spacial score (nSPS) is 17.7. The van der Waals surface area contributed by atoms with Crippen LogP contribution in [0.2, 0.25) is 0 Å². The van der Waals surface area contributed by atoms with Gasteiger partial charge < -0.3 is 19.3 Å². The van der Waals surface area contributed by atoms with E-state index in [1.807, 2.05) is 35.0 Å². The van der Waals surface area contributed by atoms with Gasteiger partial charge in [-0.25, -0.2) is 4.98 Å². The van der Waals surface area contributed by atoms with Crippen LogP contribution in [0.4, 0.5) is 0 Å². The Balaban J connectivity index is 1.75. The van der Waals surface area contributed by atoms with Gasteiger partial charge in [-0.2, -0.15) is 0 Å². The molecule has 7 nitrogen and oxygen atoms in total. The predicted octanol–water partition coefficient (Wildman–Crippen LogP) is 4.17. The van der Waals surface area contributed by atoms with Gasteiger partial charge in [0, 0.05) is 35.5 Å². The number of nitrogens with zero attached hydrogens (tertiary/aromatic N) is 3. The van der Waals surface area contributed by atoms with Crippen LogP contribution in [-0.4, -0.2) is 44.9 Å². The molecule has 4 rings (SSSR count). The van der Waals surface area contributed by atoms with E-state index < -0.39 is 17.7 Å². The summed E-state index contributed by atoms with van der Waals surface area (Å²) < 4.78 is 7.98. The molecule has 8 heteroatoms. The lowest BCUT2D eigenvalue weighted by Gasteiger charge is -2.25. The SMILES string of the molecule is COc1cccc(/C(O)=C2\C(=O)C(=O)N(CCCn3ccnc3)[C@H]2c2cccc(Br)c2)c1. The molecule has 1 amide bonds. The van der Waals surface area contributed by atoms with E-state index in [4.69, 9.17) is 4.74 Å². The number of aryl methyl sites for hydroxylation is 1. The second kappa shape index (κ2) is 9.40. The lowest BCUT2D eigenvalue weighted by Crippen LogP contribution is -2.31. The molecule has 164 valence electrons. The van der Waals surface area contributed by atoms with Crippen molar-refractivity contribution < 1.29 is 19.4 Å². The summed E-state index contributed by atoms with van der Waals surface area (Å²) in [6.07, 6.45) is 5.89. The molecule has 0 spiro atoms. The number of hydrogen-bond donors (Lipinski definition) is 1. The topological polar surface area (TPSA) is 84.7 Å². The van der Waals surface area contributed by atoms with Gasteiger partial charge in [-0.1, -0.05) is 40.2 Å². The fourth-order valence-corrected chi connectivity index (χ4v) is 4.32. The summed E-state index contributed by atoms with van der Waals surface area (Å²) in [5.74, 6) is -0.991. The number of carbonyl (C=O) groups is 2. The molecule has 0 aliphatic carbocycles. The molecule has 1 saturated heterocycles. The fourth-order valence-electron chi connectivity index (χ4n) is 3.90. The van der Waals surface area contributed by atoms with Crippen LogP contribution in [-0.2, 0) is 16.1 Å². The number of benzene rings is 2. The summed E-state index contributed by atoms with van der Waals surface area (Å²) in [4.78, 5) is 31.7. The van der Waals surface area contributed by atoms with Crippen LogP contribution in [0, 0.1) is 0 Å². The zero-order valence-corrected chi connectivity index (χ0v) is 19.0. The summed E-state index contributed by atoms with van der Waals surface area (Å²) in [5, 5.41) is 11.1. The largest absolute Gasteiger partial charge is 0.507 e. The minimum Gasteiger partial charge on any atom is -0.507 e. The van der Waals surface area contributed by atoms with Crippen LogP contribution >= 0.6 is 15.9 Å². The van der Waals surface area contributed by atoms with Gasteiger partial charge in [-0.05, 0) is 36.2 Å². The van der Waals surface area contributed by atoms with Gasteiger partial charge in [0.1, 0.15) is 11.5 Å². The third-order valence-electron chi connectivity index (χ3n) is 5.42. The highest BCUT2D eigenvalue weighted by molar-refractivity contribution is 9.10. The zero-order chi connectivity index (χ0) is 22.7. The van der Waals surface area contributed by atoms with Crippen LogP contribution in [0.3, 0.4) is 0 Å². The van der Waals surface area contributed by atoms with Crippen molar-refractivity contribution in [1.29, 1.82) is 0 Å². The average Bonchev–Trinajstić information content (AvgIpc) is 3.41. The monoisotopic (exact) mass is 495 g/mol. The Morgan fingerprint density at radius 2 is 1.97 bits per heavy atom. The second-order valence-electron chi connectivity index (χ2n) is 7.43. The standard InChI is InChI=1S/C24H22BrN3O4/c1-32-19-8-3-6-17(14-19)22(29)20-21(16-5-2-7-18(25)13-16)28(24(31)23(20)30)11-4-10-27-12-9-26-15-27/h2-3,5-9,12-15,21,29H,4,10-11H2,1H3/b22-20+/t21-/m0/s1. The molecule has 0 unspecified atom stereocenters. The van der Waals surface area contributed by atoms with E-state index in [1.165, 1.54) is 12.0 Å². The Morgan fingerprint density at radius 3 is 2.69 bits per heavy atom.